The van der Waals surface area contributed by atoms with Crippen molar-refractivity contribution in [3.8, 4) is 11.5 Å². The van der Waals surface area contributed by atoms with Gasteiger partial charge in [0.25, 0.3) is 0 Å². The van der Waals surface area contributed by atoms with Gasteiger partial charge in [-0.05, 0) is 37.8 Å². The van der Waals surface area contributed by atoms with Crippen LogP contribution in [0.25, 0.3) is 0 Å². The quantitative estimate of drug-likeness (QED) is 0.807. The van der Waals surface area contributed by atoms with Crippen molar-refractivity contribution in [3.05, 3.63) is 18.2 Å². The highest BCUT2D eigenvalue weighted by Gasteiger charge is 2.22. The normalized spacial score (nSPS) is 16.3. The van der Waals surface area contributed by atoms with Gasteiger partial charge in [0.2, 0.25) is 10.0 Å². The number of nitrogens with two attached hydrogens (primary N) is 1. The van der Waals surface area contributed by atoms with Crippen LogP contribution in [0.3, 0.4) is 0 Å². The van der Waals surface area contributed by atoms with Gasteiger partial charge in [-0.25, -0.2) is 13.6 Å². The molecule has 0 spiro atoms. The number of ether oxygens (including phenoxy) is 3. The average molecular weight is 301 g/mol. The SMILES string of the molecule is COCOc1ccc(S(N)(=O)=O)c(OC2CCCC2)c1. The van der Waals surface area contributed by atoms with Gasteiger partial charge in [0.15, 0.2) is 6.79 Å². The van der Waals surface area contributed by atoms with E-state index in [1.807, 2.05) is 0 Å². The maximum Gasteiger partial charge on any atom is 0.241 e. The van der Waals surface area contributed by atoms with Crippen molar-refractivity contribution in [2.24, 2.45) is 5.14 Å². The Balaban J connectivity index is 2.26. The summed E-state index contributed by atoms with van der Waals surface area (Å²) in [4.78, 5) is -0.0193. The van der Waals surface area contributed by atoms with Gasteiger partial charge >= 0.3 is 0 Å². The number of rotatable bonds is 6. The van der Waals surface area contributed by atoms with E-state index in [4.69, 9.17) is 19.3 Å². The molecule has 0 heterocycles. The van der Waals surface area contributed by atoms with Gasteiger partial charge in [0, 0.05) is 13.2 Å². The third-order valence-corrected chi connectivity index (χ3v) is 4.11. The molecular formula is C13H19NO5S. The Labute approximate surface area is 118 Å². The van der Waals surface area contributed by atoms with E-state index in [-0.39, 0.29) is 23.5 Å². The molecule has 20 heavy (non-hydrogen) atoms. The summed E-state index contributed by atoms with van der Waals surface area (Å²) >= 11 is 0. The zero-order valence-corrected chi connectivity index (χ0v) is 12.2. The van der Waals surface area contributed by atoms with Gasteiger partial charge in [0.1, 0.15) is 16.4 Å². The summed E-state index contributed by atoms with van der Waals surface area (Å²) in [5, 5.41) is 5.21. The molecule has 0 aromatic heterocycles. The number of methoxy groups -OCH3 is 1. The molecule has 7 heteroatoms. The fourth-order valence-corrected chi connectivity index (χ4v) is 2.86. The van der Waals surface area contributed by atoms with Crippen LogP contribution in [-0.4, -0.2) is 28.4 Å². The third kappa shape index (κ3) is 3.84. The number of hydrogen-bond donors (Lipinski definition) is 1. The molecule has 0 radical (unpaired) electrons. The van der Waals surface area contributed by atoms with Crippen molar-refractivity contribution in [1.82, 2.24) is 0 Å². The highest BCUT2D eigenvalue weighted by molar-refractivity contribution is 7.89. The standard InChI is InChI=1S/C13H19NO5S/c1-17-9-18-11-6-7-13(20(14,15)16)12(8-11)19-10-4-2-3-5-10/h6-8,10H,2-5,9H2,1H3,(H2,14,15,16). The highest BCUT2D eigenvalue weighted by atomic mass is 32.2. The molecule has 1 fully saturated rings. The molecular weight excluding hydrogens is 282 g/mol. The van der Waals surface area contributed by atoms with Crippen molar-refractivity contribution in [2.45, 2.75) is 36.7 Å². The number of primary sulfonamides is 1. The monoisotopic (exact) mass is 301 g/mol. The molecule has 0 aliphatic heterocycles. The van der Waals surface area contributed by atoms with E-state index >= 15 is 0 Å². The summed E-state index contributed by atoms with van der Waals surface area (Å²) < 4.78 is 39.0. The van der Waals surface area contributed by atoms with Gasteiger partial charge in [-0.1, -0.05) is 0 Å². The predicted molar refractivity (Wildman–Crippen MR) is 73.2 cm³/mol. The molecule has 0 bridgehead atoms. The summed E-state index contributed by atoms with van der Waals surface area (Å²) in [6.07, 6.45) is 4.07. The first-order valence-corrected chi connectivity index (χ1v) is 8.00. The zero-order chi connectivity index (χ0) is 14.6. The maximum atomic E-state index is 11.6. The van der Waals surface area contributed by atoms with Crippen molar-refractivity contribution in [3.63, 3.8) is 0 Å². The second-order valence-electron chi connectivity index (χ2n) is 4.73. The molecule has 1 saturated carbocycles. The topological polar surface area (TPSA) is 87.9 Å². The summed E-state index contributed by atoms with van der Waals surface area (Å²) in [6.45, 7) is 0.0809. The smallest absolute Gasteiger partial charge is 0.241 e. The van der Waals surface area contributed by atoms with Crippen LogP contribution in [0.4, 0.5) is 0 Å². The Morgan fingerprint density at radius 1 is 1.30 bits per heavy atom. The minimum Gasteiger partial charge on any atom is -0.489 e. The lowest BCUT2D eigenvalue weighted by Gasteiger charge is -2.16. The van der Waals surface area contributed by atoms with Crippen LogP contribution >= 0.6 is 0 Å². The van der Waals surface area contributed by atoms with Crippen molar-refractivity contribution in [1.29, 1.82) is 0 Å². The van der Waals surface area contributed by atoms with E-state index in [2.05, 4.69) is 0 Å². The lowest BCUT2D eigenvalue weighted by Crippen LogP contribution is -2.17. The van der Waals surface area contributed by atoms with E-state index < -0.39 is 10.0 Å². The van der Waals surface area contributed by atoms with Crippen LogP contribution in [0.2, 0.25) is 0 Å². The fraction of sp³-hybridized carbons (Fsp3) is 0.538. The maximum absolute atomic E-state index is 11.6. The third-order valence-electron chi connectivity index (χ3n) is 3.16. The van der Waals surface area contributed by atoms with Crippen LogP contribution in [0.5, 0.6) is 11.5 Å². The lowest BCUT2D eigenvalue weighted by atomic mass is 10.3. The largest absolute Gasteiger partial charge is 0.489 e. The van der Waals surface area contributed by atoms with E-state index in [0.29, 0.717) is 5.75 Å². The first kappa shape index (κ1) is 15.1. The molecule has 2 rings (SSSR count). The van der Waals surface area contributed by atoms with Crippen LogP contribution < -0.4 is 14.6 Å². The predicted octanol–water partition coefficient (Wildman–Crippen LogP) is 1.64. The lowest BCUT2D eigenvalue weighted by molar-refractivity contribution is 0.0507. The molecule has 0 unspecified atom stereocenters. The van der Waals surface area contributed by atoms with E-state index in [0.717, 1.165) is 25.7 Å². The summed E-state index contributed by atoms with van der Waals surface area (Å²) in [7, 11) is -2.32. The Hall–Kier alpha value is -1.31. The summed E-state index contributed by atoms with van der Waals surface area (Å²) in [5.74, 6) is 0.722. The molecule has 2 N–H and O–H groups in total. The molecule has 1 aliphatic rings. The minimum atomic E-state index is -3.82. The molecule has 112 valence electrons. The van der Waals surface area contributed by atoms with Crippen molar-refractivity contribution < 1.29 is 22.6 Å². The number of hydrogen-bond acceptors (Lipinski definition) is 5. The highest BCUT2D eigenvalue weighted by Crippen LogP contribution is 2.32. The van der Waals surface area contributed by atoms with E-state index in [9.17, 15) is 8.42 Å². The number of benzene rings is 1. The molecule has 1 aliphatic carbocycles. The first-order valence-electron chi connectivity index (χ1n) is 6.46. The fourth-order valence-electron chi connectivity index (χ4n) is 2.22. The second-order valence-corrected chi connectivity index (χ2v) is 6.26. The Morgan fingerprint density at radius 2 is 2.00 bits per heavy atom. The van der Waals surface area contributed by atoms with Crippen LogP contribution in [0.15, 0.2) is 23.1 Å². The molecule has 0 amide bonds. The van der Waals surface area contributed by atoms with E-state index in [1.165, 1.54) is 25.3 Å². The van der Waals surface area contributed by atoms with Gasteiger partial charge in [0.05, 0.1) is 6.10 Å². The van der Waals surface area contributed by atoms with Gasteiger partial charge in [-0.3, -0.25) is 0 Å². The Bertz CT molecular complexity index is 552. The summed E-state index contributed by atoms with van der Waals surface area (Å²) in [6, 6.07) is 4.46. The van der Waals surface area contributed by atoms with Gasteiger partial charge < -0.3 is 14.2 Å². The zero-order valence-electron chi connectivity index (χ0n) is 11.4. The molecule has 1 aromatic rings. The second kappa shape index (κ2) is 6.43. The van der Waals surface area contributed by atoms with Gasteiger partial charge in [-0.2, -0.15) is 0 Å². The Morgan fingerprint density at radius 3 is 2.60 bits per heavy atom. The van der Waals surface area contributed by atoms with E-state index in [1.54, 1.807) is 0 Å². The van der Waals surface area contributed by atoms with Crippen LogP contribution in [0.1, 0.15) is 25.7 Å². The molecule has 6 nitrogen and oxygen atoms in total. The Kier molecular flexibility index (Phi) is 4.85. The van der Waals surface area contributed by atoms with Crippen LogP contribution in [0, 0.1) is 0 Å². The molecule has 0 saturated heterocycles. The minimum absolute atomic E-state index is 0.0193. The number of sulfonamides is 1. The average Bonchev–Trinajstić information content (AvgIpc) is 2.88. The van der Waals surface area contributed by atoms with Crippen LogP contribution in [-0.2, 0) is 14.8 Å². The molecule has 0 atom stereocenters. The summed E-state index contributed by atoms with van der Waals surface area (Å²) in [5.41, 5.74) is 0. The van der Waals surface area contributed by atoms with Crippen molar-refractivity contribution in [2.75, 3.05) is 13.9 Å². The molecule has 1 aromatic carbocycles. The first-order chi connectivity index (χ1) is 9.50. The van der Waals surface area contributed by atoms with Gasteiger partial charge in [-0.15, -0.1) is 0 Å². The van der Waals surface area contributed by atoms with Crippen molar-refractivity contribution >= 4 is 10.0 Å².